The Morgan fingerprint density at radius 1 is 1.36 bits per heavy atom. The molecule has 14 heavy (non-hydrogen) atoms. The molecular weight excluding hydrogens is 246 g/mol. The van der Waals surface area contributed by atoms with Crippen LogP contribution < -0.4 is 10.5 Å². The Morgan fingerprint density at radius 2 is 2.14 bits per heavy atom. The molecule has 2 rings (SSSR count). The van der Waals surface area contributed by atoms with Gasteiger partial charge in [-0.3, -0.25) is 0 Å². The largest absolute Gasteiger partial charge is 0.494 e. The quantitative estimate of drug-likeness (QED) is 0.845. The summed E-state index contributed by atoms with van der Waals surface area (Å²) in [6, 6.07) is 3.69. The highest BCUT2D eigenvalue weighted by Gasteiger charge is 2.09. The van der Waals surface area contributed by atoms with Gasteiger partial charge in [0.1, 0.15) is 23.4 Å². The number of fused-ring (bicyclic) bond motifs is 1. The van der Waals surface area contributed by atoms with E-state index < -0.39 is 0 Å². The number of nitrogen functional groups attached to an aromatic ring is 1. The number of hydrogen-bond donors (Lipinski definition) is 1. The van der Waals surface area contributed by atoms with Gasteiger partial charge in [0.2, 0.25) is 0 Å². The van der Waals surface area contributed by atoms with Crippen LogP contribution >= 0.6 is 15.9 Å². The van der Waals surface area contributed by atoms with Crippen LogP contribution in [0.3, 0.4) is 0 Å². The third-order valence-corrected chi connectivity index (χ3v) is 2.61. The van der Waals surface area contributed by atoms with Crippen LogP contribution in [0.25, 0.3) is 10.9 Å². The summed E-state index contributed by atoms with van der Waals surface area (Å²) < 4.78 is 6.04. The summed E-state index contributed by atoms with van der Waals surface area (Å²) in [5.41, 5.74) is 6.46. The molecule has 0 bridgehead atoms. The summed E-state index contributed by atoms with van der Waals surface area (Å²) in [5.74, 6) is 1.14. The number of methoxy groups -OCH3 is 1. The second kappa shape index (κ2) is 3.42. The predicted octanol–water partition coefficient (Wildman–Crippen LogP) is 1.98. The molecule has 0 aliphatic carbocycles. The minimum absolute atomic E-state index is 0.445. The van der Waals surface area contributed by atoms with Crippen LogP contribution in [0.15, 0.2) is 22.9 Å². The van der Waals surface area contributed by atoms with E-state index in [-0.39, 0.29) is 0 Å². The molecule has 0 spiro atoms. The normalized spacial score (nSPS) is 10.4. The summed E-state index contributed by atoms with van der Waals surface area (Å²) in [5, 5.41) is 0.784. The molecule has 1 aromatic heterocycles. The predicted molar refractivity (Wildman–Crippen MR) is 58.2 cm³/mol. The average Bonchev–Trinajstić information content (AvgIpc) is 2.18. The minimum atomic E-state index is 0.445. The Labute approximate surface area is 89.2 Å². The van der Waals surface area contributed by atoms with Crippen molar-refractivity contribution in [1.29, 1.82) is 0 Å². The number of hydrogen-bond acceptors (Lipinski definition) is 4. The lowest BCUT2D eigenvalue weighted by Crippen LogP contribution is -1.95. The van der Waals surface area contributed by atoms with Gasteiger partial charge in [0.05, 0.1) is 12.5 Å². The molecule has 0 fully saturated rings. The van der Waals surface area contributed by atoms with Crippen LogP contribution in [0.2, 0.25) is 0 Å². The number of aromatic nitrogens is 2. The zero-order valence-corrected chi connectivity index (χ0v) is 9.08. The fourth-order valence-electron chi connectivity index (χ4n) is 1.30. The van der Waals surface area contributed by atoms with Gasteiger partial charge in [-0.1, -0.05) is 0 Å². The number of halogens is 1. The molecule has 1 heterocycles. The van der Waals surface area contributed by atoms with E-state index in [9.17, 15) is 0 Å². The lowest BCUT2D eigenvalue weighted by atomic mass is 10.2. The molecule has 2 aromatic rings. The van der Waals surface area contributed by atoms with Crippen molar-refractivity contribution in [3.63, 3.8) is 0 Å². The van der Waals surface area contributed by atoms with Gasteiger partial charge >= 0.3 is 0 Å². The Bertz CT molecular complexity index is 478. The molecular formula is C9H8BrN3O. The smallest absolute Gasteiger partial charge is 0.145 e. The molecule has 0 aliphatic rings. The highest BCUT2D eigenvalue weighted by Crippen LogP contribution is 2.32. The molecule has 0 radical (unpaired) electrons. The van der Waals surface area contributed by atoms with Crippen molar-refractivity contribution in [2.45, 2.75) is 0 Å². The van der Waals surface area contributed by atoms with Crippen LogP contribution in [0.5, 0.6) is 5.75 Å². The van der Waals surface area contributed by atoms with Gasteiger partial charge in [-0.2, -0.15) is 0 Å². The molecule has 72 valence electrons. The first-order valence-electron chi connectivity index (χ1n) is 3.96. The second-order valence-electron chi connectivity index (χ2n) is 2.73. The Kier molecular flexibility index (Phi) is 2.25. The van der Waals surface area contributed by atoms with E-state index in [4.69, 9.17) is 10.5 Å². The number of nitrogens with two attached hydrogens (primary N) is 1. The van der Waals surface area contributed by atoms with Crippen molar-refractivity contribution in [3.8, 4) is 5.75 Å². The van der Waals surface area contributed by atoms with Gasteiger partial charge in [-0.15, -0.1) is 0 Å². The topological polar surface area (TPSA) is 61.0 Å². The molecule has 0 saturated carbocycles. The lowest BCUT2D eigenvalue weighted by molar-refractivity contribution is 0.419. The molecule has 4 nitrogen and oxygen atoms in total. The van der Waals surface area contributed by atoms with Crippen molar-refractivity contribution >= 4 is 32.7 Å². The van der Waals surface area contributed by atoms with E-state index in [0.29, 0.717) is 11.6 Å². The van der Waals surface area contributed by atoms with Crippen molar-refractivity contribution in [1.82, 2.24) is 9.97 Å². The zero-order valence-electron chi connectivity index (χ0n) is 7.49. The third kappa shape index (κ3) is 1.29. The van der Waals surface area contributed by atoms with Gasteiger partial charge < -0.3 is 10.5 Å². The minimum Gasteiger partial charge on any atom is -0.494 e. The van der Waals surface area contributed by atoms with Crippen LogP contribution in [-0.4, -0.2) is 17.1 Å². The number of anilines is 1. The maximum Gasteiger partial charge on any atom is 0.145 e. The van der Waals surface area contributed by atoms with E-state index in [1.54, 1.807) is 7.11 Å². The van der Waals surface area contributed by atoms with E-state index >= 15 is 0 Å². The lowest BCUT2D eigenvalue weighted by Gasteiger charge is -2.06. The number of ether oxygens (including phenoxy) is 1. The van der Waals surface area contributed by atoms with E-state index in [1.165, 1.54) is 6.33 Å². The third-order valence-electron chi connectivity index (χ3n) is 1.95. The maximum atomic E-state index is 5.74. The molecule has 0 amide bonds. The molecule has 0 saturated heterocycles. The van der Waals surface area contributed by atoms with Gasteiger partial charge in [0.15, 0.2) is 0 Å². The van der Waals surface area contributed by atoms with E-state index in [2.05, 4.69) is 25.9 Å². The Balaban J connectivity index is 2.91. The van der Waals surface area contributed by atoms with Gasteiger partial charge in [-0.05, 0) is 28.1 Å². The SMILES string of the molecule is COc1ccc(Br)c2c(N)ncnc12. The van der Waals surface area contributed by atoms with Crippen LogP contribution in [0.4, 0.5) is 5.82 Å². The van der Waals surface area contributed by atoms with Gasteiger partial charge in [0.25, 0.3) is 0 Å². The van der Waals surface area contributed by atoms with Crippen molar-refractivity contribution in [3.05, 3.63) is 22.9 Å². The molecule has 0 atom stereocenters. The summed E-state index contributed by atoms with van der Waals surface area (Å²) in [6.45, 7) is 0. The first kappa shape index (κ1) is 9.21. The van der Waals surface area contributed by atoms with Crippen LogP contribution in [0.1, 0.15) is 0 Å². The summed E-state index contributed by atoms with van der Waals surface area (Å²) in [4.78, 5) is 8.05. The maximum absolute atomic E-state index is 5.74. The fraction of sp³-hybridized carbons (Fsp3) is 0.111. The number of nitrogens with zero attached hydrogens (tertiary/aromatic N) is 2. The highest BCUT2D eigenvalue weighted by atomic mass is 79.9. The Hall–Kier alpha value is -1.36. The van der Waals surface area contributed by atoms with E-state index in [0.717, 1.165) is 15.4 Å². The fourth-order valence-corrected chi connectivity index (χ4v) is 1.82. The molecule has 5 heteroatoms. The monoisotopic (exact) mass is 253 g/mol. The van der Waals surface area contributed by atoms with Crippen LogP contribution in [0, 0.1) is 0 Å². The average molecular weight is 254 g/mol. The standard InChI is InChI=1S/C9H8BrN3O/c1-14-6-3-2-5(10)7-8(6)12-4-13-9(7)11/h2-4H,1H3,(H2,11,12,13). The first-order chi connectivity index (χ1) is 6.74. The first-order valence-corrected chi connectivity index (χ1v) is 4.76. The summed E-state index contributed by atoms with van der Waals surface area (Å²) in [6.07, 6.45) is 1.42. The highest BCUT2D eigenvalue weighted by molar-refractivity contribution is 9.10. The molecule has 1 aromatic carbocycles. The molecule has 0 aliphatic heterocycles. The zero-order chi connectivity index (χ0) is 10.1. The Morgan fingerprint density at radius 3 is 2.86 bits per heavy atom. The molecule has 2 N–H and O–H groups in total. The van der Waals surface area contributed by atoms with Gasteiger partial charge in [0, 0.05) is 4.47 Å². The van der Waals surface area contributed by atoms with Crippen molar-refractivity contribution in [2.75, 3.05) is 12.8 Å². The van der Waals surface area contributed by atoms with Gasteiger partial charge in [-0.25, -0.2) is 9.97 Å². The summed E-state index contributed by atoms with van der Waals surface area (Å²) >= 11 is 3.40. The van der Waals surface area contributed by atoms with Crippen LogP contribution in [-0.2, 0) is 0 Å². The molecule has 0 unspecified atom stereocenters. The van der Waals surface area contributed by atoms with Crippen molar-refractivity contribution in [2.24, 2.45) is 0 Å². The second-order valence-corrected chi connectivity index (χ2v) is 3.59. The van der Waals surface area contributed by atoms with E-state index in [1.807, 2.05) is 12.1 Å². The number of rotatable bonds is 1. The summed E-state index contributed by atoms with van der Waals surface area (Å²) in [7, 11) is 1.60. The number of benzene rings is 1. The van der Waals surface area contributed by atoms with Crippen molar-refractivity contribution < 1.29 is 4.74 Å².